The van der Waals surface area contributed by atoms with Gasteiger partial charge in [-0.25, -0.2) is 4.98 Å². The number of halogens is 3. The van der Waals surface area contributed by atoms with Crippen molar-refractivity contribution in [2.45, 2.75) is 32.8 Å². The number of benzene rings is 3. The second-order valence-corrected chi connectivity index (χ2v) is 10.1. The van der Waals surface area contributed by atoms with Gasteiger partial charge in [0.1, 0.15) is 18.2 Å². The minimum absolute atomic E-state index is 0.0656. The van der Waals surface area contributed by atoms with E-state index in [2.05, 4.69) is 43.9 Å². The van der Waals surface area contributed by atoms with E-state index in [1.165, 1.54) is 4.68 Å². The molecule has 0 saturated carbocycles. The Morgan fingerprint density at radius 1 is 1.09 bits per heavy atom. The highest BCUT2D eigenvalue weighted by Gasteiger charge is 2.15. The standard InChI is InChI=1S/C26H22Br2ClN3O2/c1-3-16(2)25-31-23-10-9-20(28)13-21(23)26(33)32(25)30-14-18-6-11-24(22(29)12-18)34-15-17-4-7-19(27)8-5-17/h4-14,16H,3,15H2,1-2H3/t16-/m0/s1. The molecule has 0 aliphatic rings. The van der Waals surface area contributed by atoms with Crippen LogP contribution in [-0.2, 0) is 6.61 Å². The fourth-order valence-corrected chi connectivity index (χ4v) is 4.23. The molecule has 0 N–H and O–H groups in total. The third-order valence-electron chi connectivity index (χ3n) is 5.47. The van der Waals surface area contributed by atoms with Crippen molar-refractivity contribution >= 4 is 60.6 Å². The van der Waals surface area contributed by atoms with Crippen LogP contribution in [0.5, 0.6) is 5.75 Å². The van der Waals surface area contributed by atoms with Gasteiger partial charge in [0, 0.05) is 14.9 Å². The summed E-state index contributed by atoms with van der Waals surface area (Å²) >= 11 is 13.3. The molecule has 5 nitrogen and oxygen atoms in total. The maximum absolute atomic E-state index is 13.2. The number of hydrogen-bond donors (Lipinski definition) is 0. The smallest absolute Gasteiger partial charge is 0.282 e. The lowest BCUT2D eigenvalue weighted by Crippen LogP contribution is -2.23. The van der Waals surface area contributed by atoms with E-state index in [4.69, 9.17) is 21.3 Å². The molecule has 1 heterocycles. The minimum Gasteiger partial charge on any atom is -0.487 e. The van der Waals surface area contributed by atoms with Gasteiger partial charge in [-0.1, -0.05) is 69.4 Å². The highest BCUT2D eigenvalue weighted by atomic mass is 79.9. The molecule has 0 aliphatic carbocycles. The van der Waals surface area contributed by atoms with Gasteiger partial charge < -0.3 is 4.74 Å². The minimum atomic E-state index is -0.210. The SMILES string of the molecule is CC[C@H](C)c1nc2ccc(Br)cc2c(=O)n1N=Cc1ccc(OCc2ccc(Br)cc2)c(Cl)c1. The fourth-order valence-electron chi connectivity index (χ4n) is 3.36. The number of fused-ring (bicyclic) bond motifs is 1. The molecule has 8 heteroatoms. The molecule has 1 aromatic heterocycles. The Hall–Kier alpha value is -2.48. The van der Waals surface area contributed by atoms with Crippen LogP contribution in [0.3, 0.4) is 0 Å². The van der Waals surface area contributed by atoms with Gasteiger partial charge in [0.05, 0.1) is 22.1 Å². The molecular weight excluding hydrogens is 582 g/mol. The second kappa shape index (κ2) is 10.8. The molecule has 34 heavy (non-hydrogen) atoms. The lowest BCUT2D eigenvalue weighted by atomic mass is 10.1. The molecule has 4 aromatic rings. The van der Waals surface area contributed by atoms with Gasteiger partial charge in [0.15, 0.2) is 0 Å². The lowest BCUT2D eigenvalue weighted by molar-refractivity contribution is 0.306. The molecule has 0 spiro atoms. The predicted molar refractivity (Wildman–Crippen MR) is 145 cm³/mol. The zero-order chi connectivity index (χ0) is 24.2. The fraction of sp³-hybridized carbons (Fsp3) is 0.192. The van der Waals surface area contributed by atoms with Gasteiger partial charge in [0.2, 0.25) is 0 Å². The summed E-state index contributed by atoms with van der Waals surface area (Å²) in [6.45, 7) is 4.50. The summed E-state index contributed by atoms with van der Waals surface area (Å²) in [5.41, 5.74) is 2.23. The summed E-state index contributed by atoms with van der Waals surface area (Å²) in [6, 6.07) is 18.8. The van der Waals surface area contributed by atoms with Crippen molar-refractivity contribution < 1.29 is 4.74 Å². The zero-order valence-corrected chi connectivity index (χ0v) is 22.6. The van der Waals surface area contributed by atoms with E-state index in [1.807, 2.05) is 49.4 Å². The first-order chi connectivity index (χ1) is 16.4. The van der Waals surface area contributed by atoms with E-state index in [0.29, 0.717) is 34.1 Å². The van der Waals surface area contributed by atoms with Crippen LogP contribution in [0.2, 0.25) is 5.02 Å². The van der Waals surface area contributed by atoms with Gasteiger partial charge in [0.25, 0.3) is 5.56 Å². The van der Waals surface area contributed by atoms with Crippen molar-refractivity contribution in [3.8, 4) is 5.75 Å². The van der Waals surface area contributed by atoms with Crippen molar-refractivity contribution in [2.75, 3.05) is 0 Å². The quantitative estimate of drug-likeness (QED) is 0.205. The second-order valence-electron chi connectivity index (χ2n) is 7.91. The average Bonchev–Trinajstić information content (AvgIpc) is 2.83. The van der Waals surface area contributed by atoms with E-state index >= 15 is 0 Å². The average molecular weight is 604 g/mol. The van der Waals surface area contributed by atoms with Crippen LogP contribution in [0.15, 0.2) is 79.5 Å². The third kappa shape index (κ3) is 5.59. The maximum Gasteiger partial charge on any atom is 0.282 e. The molecule has 4 rings (SSSR count). The van der Waals surface area contributed by atoms with Gasteiger partial charge in [-0.2, -0.15) is 9.78 Å². The largest absolute Gasteiger partial charge is 0.487 e. The van der Waals surface area contributed by atoms with Crippen LogP contribution in [0.4, 0.5) is 0 Å². The third-order valence-corrected chi connectivity index (χ3v) is 6.79. The molecule has 0 fully saturated rings. The summed E-state index contributed by atoms with van der Waals surface area (Å²) in [5, 5.41) is 5.47. The van der Waals surface area contributed by atoms with Crippen LogP contribution in [0.25, 0.3) is 10.9 Å². The van der Waals surface area contributed by atoms with E-state index in [0.717, 1.165) is 26.5 Å². The molecule has 0 unspecified atom stereocenters. The molecule has 0 bridgehead atoms. The Labute approximate surface area is 219 Å². The van der Waals surface area contributed by atoms with E-state index in [-0.39, 0.29) is 11.5 Å². The number of hydrogen-bond acceptors (Lipinski definition) is 4. The predicted octanol–water partition coefficient (Wildman–Crippen LogP) is 7.55. The summed E-state index contributed by atoms with van der Waals surface area (Å²) in [4.78, 5) is 18.0. The summed E-state index contributed by atoms with van der Waals surface area (Å²) in [6.07, 6.45) is 2.45. The lowest BCUT2D eigenvalue weighted by Gasteiger charge is -2.14. The van der Waals surface area contributed by atoms with Gasteiger partial charge in [-0.05, 0) is 66.1 Å². The highest BCUT2D eigenvalue weighted by Crippen LogP contribution is 2.26. The number of ether oxygens (including phenoxy) is 1. The normalized spacial score (nSPS) is 12.4. The van der Waals surface area contributed by atoms with Crippen molar-refractivity contribution in [1.82, 2.24) is 9.66 Å². The van der Waals surface area contributed by atoms with Crippen molar-refractivity contribution in [2.24, 2.45) is 5.10 Å². The monoisotopic (exact) mass is 601 g/mol. The van der Waals surface area contributed by atoms with Gasteiger partial charge in [-0.3, -0.25) is 4.79 Å². The Morgan fingerprint density at radius 2 is 1.82 bits per heavy atom. The molecule has 174 valence electrons. The van der Waals surface area contributed by atoms with E-state index in [9.17, 15) is 4.79 Å². The number of aromatic nitrogens is 2. The zero-order valence-electron chi connectivity index (χ0n) is 18.6. The molecular formula is C26H22Br2ClN3O2. The van der Waals surface area contributed by atoms with Crippen LogP contribution in [0.1, 0.15) is 43.1 Å². The first-order valence-corrected chi connectivity index (χ1v) is 12.8. The van der Waals surface area contributed by atoms with Crippen molar-refractivity contribution in [1.29, 1.82) is 0 Å². The highest BCUT2D eigenvalue weighted by molar-refractivity contribution is 9.10. The van der Waals surface area contributed by atoms with Crippen LogP contribution in [0, 0.1) is 0 Å². The van der Waals surface area contributed by atoms with Crippen molar-refractivity contribution in [3.63, 3.8) is 0 Å². The van der Waals surface area contributed by atoms with Crippen LogP contribution < -0.4 is 10.3 Å². The van der Waals surface area contributed by atoms with E-state index < -0.39 is 0 Å². The molecule has 0 radical (unpaired) electrons. The first kappa shape index (κ1) is 24.6. The number of nitrogens with zero attached hydrogens (tertiary/aromatic N) is 3. The van der Waals surface area contributed by atoms with Gasteiger partial charge in [-0.15, -0.1) is 0 Å². The summed E-state index contributed by atoms with van der Waals surface area (Å²) in [7, 11) is 0. The summed E-state index contributed by atoms with van der Waals surface area (Å²) < 4.78 is 9.08. The molecule has 3 aromatic carbocycles. The topological polar surface area (TPSA) is 56.5 Å². The maximum atomic E-state index is 13.2. The van der Waals surface area contributed by atoms with Crippen molar-refractivity contribution in [3.05, 3.63) is 102 Å². The Morgan fingerprint density at radius 3 is 2.53 bits per heavy atom. The molecule has 0 aliphatic heterocycles. The molecule has 1 atom stereocenters. The molecule has 0 saturated heterocycles. The Kier molecular flexibility index (Phi) is 7.86. The summed E-state index contributed by atoms with van der Waals surface area (Å²) in [5.74, 6) is 1.27. The first-order valence-electron chi connectivity index (χ1n) is 10.8. The Bertz CT molecular complexity index is 1420. The van der Waals surface area contributed by atoms with E-state index in [1.54, 1.807) is 24.4 Å². The number of rotatable bonds is 7. The van der Waals surface area contributed by atoms with Crippen LogP contribution >= 0.6 is 43.5 Å². The van der Waals surface area contributed by atoms with Crippen LogP contribution in [-0.4, -0.2) is 15.9 Å². The van der Waals surface area contributed by atoms with Gasteiger partial charge >= 0.3 is 0 Å². The molecule has 0 amide bonds. The Balaban J connectivity index is 1.62.